The Morgan fingerprint density at radius 2 is 1.69 bits per heavy atom. The fourth-order valence-corrected chi connectivity index (χ4v) is 4.61. The molecule has 1 unspecified atom stereocenters. The summed E-state index contributed by atoms with van der Waals surface area (Å²) in [4.78, 5) is 59.9. The van der Waals surface area contributed by atoms with Crippen molar-refractivity contribution in [2.45, 2.75) is 98.8 Å². The van der Waals surface area contributed by atoms with Crippen LogP contribution in [0.4, 0.5) is 0 Å². The van der Waals surface area contributed by atoms with E-state index in [0.717, 1.165) is 51.6 Å². The summed E-state index contributed by atoms with van der Waals surface area (Å²) >= 11 is 0. The molecule has 1 aromatic rings. The van der Waals surface area contributed by atoms with Crippen molar-refractivity contribution in [3.05, 3.63) is 47.5 Å². The number of likely N-dealkylation sites (tertiary alicyclic amines) is 1. The summed E-state index contributed by atoms with van der Waals surface area (Å²) in [6, 6.07) is 5.28. The van der Waals surface area contributed by atoms with Gasteiger partial charge in [-0.1, -0.05) is 70.1 Å². The van der Waals surface area contributed by atoms with Crippen molar-refractivity contribution < 1.29 is 24.0 Å². The van der Waals surface area contributed by atoms with Crippen LogP contribution in [0.1, 0.15) is 125 Å². The van der Waals surface area contributed by atoms with Crippen LogP contribution in [0.25, 0.3) is 0 Å². The van der Waals surface area contributed by atoms with Gasteiger partial charge in [0.15, 0.2) is 11.6 Å². The van der Waals surface area contributed by atoms with Gasteiger partial charge in [-0.3, -0.25) is 24.1 Å². The standard InChI is InChI=1S/C25H35NO3.C8H11NO2.C2H6/c1-4-17-26(18-10-7-5-6-8-12-20-27)19-11-9-14-23-15-13-16-24(21(2)28)25(23)22(3)29;1-3-6-4-5-7(10)9(2)8(6)11;1-2/h13,15-16,20H,4-8,10-12,17-19H2,1-3H3;3,6H,1,4-5H2,2H3;1-2H3. The first-order valence-corrected chi connectivity index (χ1v) is 15.4. The number of carbonyl (C=O) groups is 5. The molecule has 1 fully saturated rings. The van der Waals surface area contributed by atoms with E-state index in [-0.39, 0.29) is 29.3 Å². The molecule has 1 aliphatic rings. The Labute approximate surface area is 254 Å². The lowest BCUT2D eigenvalue weighted by Gasteiger charge is -2.25. The largest absolute Gasteiger partial charge is 0.303 e. The molecule has 2 rings (SSSR count). The summed E-state index contributed by atoms with van der Waals surface area (Å²) in [7, 11) is 1.51. The molecule has 0 N–H and O–H groups in total. The summed E-state index contributed by atoms with van der Waals surface area (Å²) in [5, 5.41) is 0. The zero-order valence-corrected chi connectivity index (χ0v) is 26.8. The van der Waals surface area contributed by atoms with Crippen LogP contribution in [0.15, 0.2) is 30.9 Å². The lowest BCUT2D eigenvalue weighted by atomic mass is 9.96. The van der Waals surface area contributed by atoms with Gasteiger partial charge < -0.3 is 9.69 Å². The number of aldehydes is 1. The number of carbonyl (C=O) groups excluding carboxylic acids is 5. The third-order valence-corrected chi connectivity index (χ3v) is 6.88. The van der Waals surface area contributed by atoms with E-state index in [2.05, 4.69) is 30.2 Å². The molecule has 232 valence electrons. The number of rotatable bonds is 15. The predicted octanol–water partition coefficient (Wildman–Crippen LogP) is 6.68. The number of nitrogens with zero attached hydrogens (tertiary/aromatic N) is 2. The summed E-state index contributed by atoms with van der Waals surface area (Å²) in [6.07, 6.45) is 11.9. The Morgan fingerprint density at radius 3 is 2.29 bits per heavy atom. The number of imide groups is 1. The van der Waals surface area contributed by atoms with Crippen LogP contribution in [0.3, 0.4) is 0 Å². The third-order valence-electron chi connectivity index (χ3n) is 6.88. The second-order valence-electron chi connectivity index (χ2n) is 10.1. The molecule has 0 aliphatic carbocycles. The smallest absolute Gasteiger partial charge is 0.235 e. The minimum atomic E-state index is -0.155. The highest BCUT2D eigenvalue weighted by Gasteiger charge is 2.29. The van der Waals surface area contributed by atoms with E-state index >= 15 is 0 Å². The SMILES string of the molecule is C=CC1CCC(=O)N(C)C1=O.CC.CCCN(CCC#Cc1cccc(C(C)=O)c1C(C)=O)CCCCCCCC=O. The van der Waals surface area contributed by atoms with Crippen LogP contribution in [0.5, 0.6) is 0 Å². The second kappa shape index (κ2) is 23.2. The zero-order chi connectivity index (χ0) is 31.9. The van der Waals surface area contributed by atoms with Gasteiger partial charge in [0.25, 0.3) is 0 Å². The van der Waals surface area contributed by atoms with Crippen molar-refractivity contribution in [3.8, 4) is 11.8 Å². The Balaban J connectivity index is 0.00000107. The fourth-order valence-electron chi connectivity index (χ4n) is 4.61. The summed E-state index contributed by atoms with van der Waals surface area (Å²) in [6.45, 7) is 15.7. The molecule has 7 nitrogen and oxygen atoms in total. The lowest BCUT2D eigenvalue weighted by Crippen LogP contribution is -2.41. The molecule has 0 saturated carbocycles. The van der Waals surface area contributed by atoms with Gasteiger partial charge in [-0.25, -0.2) is 0 Å². The number of ketones is 2. The Kier molecular flexibility index (Phi) is 21.4. The van der Waals surface area contributed by atoms with Crippen LogP contribution in [0.2, 0.25) is 0 Å². The maximum atomic E-state index is 12.0. The lowest BCUT2D eigenvalue weighted by molar-refractivity contribution is -0.148. The van der Waals surface area contributed by atoms with E-state index in [0.29, 0.717) is 36.0 Å². The van der Waals surface area contributed by atoms with Crippen LogP contribution in [0, 0.1) is 17.8 Å². The monoisotopic (exact) mass is 580 g/mol. The molecule has 0 bridgehead atoms. The third kappa shape index (κ3) is 14.5. The van der Waals surface area contributed by atoms with Gasteiger partial charge in [0.2, 0.25) is 11.8 Å². The highest BCUT2D eigenvalue weighted by molar-refractivity contribution is 6.08. The average molecular weight is 581 g/mol. The van der Waals surface area contributed by atoms with Crippen LogP contribution in [-0.4, -0.2) is 66.1 Å². The van der Waals surface area contributed by atoms with Crippen LogP contribution >= 0.6 is 0 Å². The normalized spacial score (nSPS) is 14.1. The minimum Gasteiger partial charge on any atom is -0.303 e. The van der Waals surface area contributed by atoms with Gasteiger partial charge in [-0.15, -0.1) is 6.58 Å². The molecule has 1 aliphatic heterocycles. The van der Waals surface area contributed by atoms with Crippen molar-refractivity contribution in [1.29, 1.82) is 0 Å². The minimum absolute atomic E-state index is 0.0897. The molecule has 1 aromatic carbocycles. The van der Waals surface area contributed by atoms with E-state index in [1.807, 2.05) is 19.9 Å². The Bertz CT molecular complexity index is 1080. The van der Waals surface area contributed by atoms with Crippen molar-refractivity contribution in [3.63, 3.8) is 0 Å². The van der Waals surface area contributed by atoms with Crippen molar-refractivity contribution in [1.82, 2.24) is 9.80 Å². The number of unbranched alkanes of at least 4 members (excludes halogenated alkanes) is 5. The van der Waals surface area contributed by atoms with E-state index in [9.17, 15) is 24.0 Å². The topological polar surface area (TPSA) is 91.8 Å². The number of hydrogen-bond donors (Lipinski definition) is 0. The summed E-state index contributed by atoms with van der Waals surface area (Å²) < 4.78 is 0. The van der Waals surface area contributed by atoms with Gasteiger partial charge >= 0.3 is 0 Å². The number of Topliss-reactive ketones (excluding diaryl/α,β-unsaturated/α-hetero) is 2. The molecule has 0 aromatic heterocycles. The molecular formula is C35H52N2O5. The first kappa shape index (κ1) is 38.6. The van der Waals surface area contributed by atoms with E-state index in [4.69, 9.17) is 0 Å². The van der Waals surface area contributed by atoms with Gasteiger partial charge in [0.05, 0.1) is 5.92 Å². The van der Waals surface area contributed by atoms with Crippen molar-refractivity contribution >= 4 is 29.7 Å². The van der Waals surface area contributed by atoms with Crippen molar-refractivity contribution in [2.24, 2.45) is 5.92 Å². The van der Waals surface area contributed by atoms with Gasteiger partial charge in [-0.2, -0.15) is 0 Å². The van der Waals surface area contributed by atoms with Gasteiger partial charge in [0.1, 0.15) is 6.29 Å². The molecule has 1 heterocycles. The predicted molar refractivity (Wildman–Crippen MR) is 170 cm³/mol. The fraction of sp³-hybridized carbons (Fsp3) is 0.571. The second-order valence-corrected chi connectivity index (χ2v) is 10.1. The number of amides is 2. The van der Waals surface area contributed by atoms with E-state index in [1.165, 1.54) is 45.1 Å². The van der Waals surface area contributed by atoms with Crippen LogP contribution in [-0.2, 0) is 14.4 Å². The molecule has 0 spiro atoms. The molecular weight excluding hydrogens is 528 g/mol. The van der Waals surface area contributed by atoms with E-state index < -0.39 is 0 Å². The quantitative estimate of drug-likeness (QED) is 0.0574. The highest BCUT2D eigenvalue weighted by Crippen LogP contribution is 2.18. The molecule has 2 amide bonds. The number of piperidine rings is 1. The molecule has 1 saturated heterocycles. The first-order chi connectivity index (χ1) is 20.2. The zero-order valence-electron chi connectivity index (χ0n) is 26.8. The summed E-state index contributed by atoms with van der Waals surface area (Å²) in [5.74, 6) is 5.68. The van der Waals surface area contributed by atoms with Gasteiger partial charge in [0, 0.05) is 49.5 Å². The first-order valence-electron chi connectivity index (χ1n) is 15.4. The number of hydrogen-bond acceptors (Lipinski definition) is 6. The maximum Gasteiger partial charge on any atom is 0.235 e. The molecule has 7 heteroatoms. The average Bonchev–Trinajstić information content (AvgIpc) is 2.98. The number of benzene rings is 1. The summed E-state index contributed by atoms with van der Waals surface area (Å²) in [5.41, 5.74) is 1.53. The van der Waals surface area contributed by atoms with Gasteiger partial charge in [-0.05, 0) is 58.7 Å². The maximum absolute atomic E-state index is 12.0. The Morgan fingerprint density at radius 1 is 1.02 bits per heavy atom. The molecule has 0 radical (unpaired) electrons. The Hall–Kier alpha value is -3.37. The van der Waals surface area contributed by atoms with Crippen molar-refractivity contribution in [2.75, 3.05) is 26.7 Å². The van der Waals surface area contributed by atoms with E-state index in [1.54, 1.807) is 18.2 Å². The van der Waals surface area contributed by atoms with Crippen LogP contribution < -0.4 is 0 Å². The highest BCUT2D eigenvalue weighted by atomic mass is 16.2. The molecule has 42 heavy (non-hydrogen) atoms. The molecule has 1 atom stereocenters.